The average molecular weight is 489 g/mol. The Bertz CT molecular complexity index is 1510. The molecule has 0 radical (unpaired) electrons. The van der Waals surface area contributed by atoms with Crippen molar-refractivity contribution >= 4 is 28.8 Å². The molecule has 11 nitrogen and oxygen atoms in total. The van der Waals surface area contributed by atoms with Gasteiger partial charge in [-0.05, 0) is 30.5 Å². The standard InChI is InChI=1S/C25H28N8O3/c1-30-22-21(23(35)33(25(30)36)16-20(34)28-19-11-5-6-12-27-19)32(14-17-8-3-2-4-9-17)24(29-22)31-13-7-10-18(26)15-31/h2-6,8-9,11-12,18H,7,10,13-16,26H2,1H3,(H,27,28,34). The highest BCUT2D eigenvalue weighted by Gasteiger charge is 2.27. The summed E-state index contributed by atoms with van der Waals surface area (Å²) >= 11 is 0. The minimum absolute atomic E-state index is 0.000457. The van der Waals surface area contributed by atoms with Crippen LogP contribution in [-0.4, -0.2) is 48.7 Å². The summed E-state index contributed by atoms with van der Waals surface area (Å²) in [5, 5.41) is 2.63. The zero-order valence-corrected chi connectivity index (χ0v) is 20.0. The van der Waals surface area contributed by atoms with Crippen molar-refractivity contribution in [2.24, 2.45) is 12.8 Å². The van der Waals surface area contributed by atoms with Crippen molar-refractivity contribution < 1.29 is 4.79 Å². The van der Waals surface area contributed by atoms with Crippen molar-refractivity contribution in [3.05, 3.63) is 81.1 Å². The van der Waals surface area contributed by atoms with Gasteiger partial charge in [0.2, 0.25) is 11.9 Å². The maximum absolute atomic E-state index is 13.7. The number of fused-ring (bicyclic) bond motifs is 1. The Kier molecular flexibility index (Phi) is 6.38. The number of hydrogen-bond acceptors (Lipinski definition) is 7. The molecule has 1 saturated heterocycles. The number of nitrogens with one attached hydrogen (secondary N) is 1. The van der Waals surface area contributed by atoms with Crippen LogP contribution in [0.3, 0.4) is 0 Å². The first kappa shape index (κ1) is 23.5. The summed E-state index contributed by atoms with van der Waals surface area (Å²) in [6.07, 6.45) is 3.38. The lowest BCUT2D eigenvalue weighted by Crippen LogP contribution is -2.44. The van der Waals surface area contributed by atoms with Gasteiger partial charge >= 0.3 is 5.69 Å². The van der Waals surface area contributed by atoms with E-state index in [1.807, 2.05) is 34.9 Å². The third kappa shape index (κ3) is 4.52. The van der Waals surface area contributed by atoms with Gasteiger partial charge in [-0.15, -0.1) is 0 Å². The molecule has 0 saturated carbocycles. The lowest BCUT2D eigenvalue weighted by Gasteiger charge is -2.31. The number of rotatable bonds is 6. The zero-order chi connectivity index (χ0) is 25.2. The summed E-state index contributed by atoms with van der Waals surface area (Å²) in [7, 11) is 1.56. The summed E-state index contributed by atoms with van der Waals surface area (Å²) in [5.74, 6) is 0.404. The third-order valence-corrected chi connectivity index (χ3v) is 6.37. The fourth-order valence-electron chi connectivity index (χ4n) is 4.61. The van der Waals surface area contributed by atoms with Crippen molar-refractivity contribution in [3.8, 4) is 0 Å². The molecule has 1 atom stereocenters. The minimum atomic E-state index is -0.616. The predicted octanol–water partition coefficient (Wildman–Crippen LogP) is 0.906. The minimum Gasteiger partial charge on any atom is -0.341 e. The van der Waals surface area contributed by atoms with E-state index in [1.165, 1.54) is 4.57 Å². The summed E-state index contributed by atoms with van der Waals surface area (Å²) < 4.78 is 4.09. The first-order chi connectivity index (χ1) is 17.4. The van der Waals surface area contributed by atoms with Gasteiger partial charge in [0.1, 0.15) is 12.4 Å². The molecule has 1 aliphatic heterocycles. The van der Waals surface area contributed by atoms with E-state index in [1.54, 1.807) is 31.4 Å². The highest BCUT2D eigenvalue weighted by atomic mass is 16.2. The van der Waals surface area contributed by atoms with Gasteiger partial charge in [0.15, 0.2) is 11.2 Å². The largest absolute Gasteiger partial charge is 0.341 e. The number of aromatic nitrogens is 5. The van der Waals surface area contributed by atoms with E-state index >= 15 is 0 Å². The lowest BCUT2D eigenvalue weighted by atomic mass is 10.1. The van der Waals surface area contributed by atoms with Gasteiger partial charge in [-0.1, -0.05) is 36.4 Å². The number of aryl methyl sites for hydroxylation is 1. The second kappa shape index (κ2) is 9.78. The van der Waals surface area contributed by atoms with Gasteiger partial charge in [0.25, 0.3) is 5.56 Å². The van der Waals surface area contributed by atoms with E-state index in [9.17, 15) is 14.4 Å². The molecule has 36 heavy (non-hydrogen) atoms. The zero-order valence-electron chi connectivity index (χ0n) is 20.0. The average Bonchev–Trinajstić information content (AvgIpc) is 3.26. The molecule has 0 aliphatic carbocycles. The van der Waals surface area contributed by atoms with Crippen LogP contribution in [0.2, 0.25) is 0 Å². The van der Waals surface area contributed by atoms with Crippen LogP contribution in [0.1, 0.15) is 18.4 Å². The summed E-state index contributed by atoms with van der Waals surface area (Å²) in [5.41, 5.74) is 6.57. The number of carbonyl (C=O) groups excluding carboxylic acids is 1. The number of nitrogens with two attached hydrogens (primary N) is 1. The molecule has 186 valence electrons. The highest BCUT2D eigenvalue weighted by Crippen LogP contribution is 2.24. The molecule has 4 aromatic rings. The lowest BCUT2D eigenvalue weighted by molar-refractivity contribution is -0.116. The first-order valence-electron chi connectivity index (χ1n) is 11.9. The predicted molar refractivity (Wildman–Crippen MR) is 137 cm³/mol. The molecule has 1 amide bonds. The van der Waals surface area contributed by atoms with Crippen LogP contribution >= 0.6 is 0 Å². The molecule has 1 aliphatic rings. The number of nitrogens with zero attached hydrogens (tertiary/aromatic N) is 6. The van der Waals surface area contributed by atoms with Crippen molar-refractivity contribution in [2.75, 3.05) is 23.3 Å². The maximum Gasteiger partial charge on any atom is 0.332 e. The van der Waals surface area contributed by atoms with Crippen LogP contribution in [-0.2, 0) is 24.9 Å². The van der Waals surface area contributed by atoms with Crippen molar-refractivity contribution in [3.63, 3.8) is 0 Å². The highest BCUT2D eigenvalue weighted by molar-refractivity contribution is 5.89. The number of carbonyl (C=O) groups is 1. The molecule has 5 rings (SSSR count). The number of pyridine rings is 1. The second-order valence-electron chi connectivity index (χ2n) is 9.00. The Hall–Kier alpha value is -4.25. The normalized spacial score (nSPS) is 15.8. The van der Waals surface area contributed by atoms with Gasteiger partial charge in [0, 0.05) is 32.4 Å². The Morgan fingerprint density at radius 3 is 2.61 bits per heavy atom. The number of imidazole rings is 1. The Labute approximate surface area is 206 Å². The van der Waals surface area contributed by atoms with Gasteiger partial charge in [-0.3, -0.25) is 18.7 Å². The smallest absolute Gasteiger partial charge is 0.332 e. The van der Waals surface area contributed by atoms with E-state index in [2.05, 4.69) is 15.2 Å². The van der Waals surface area contributed by atoms with Crippen molar-refractivity contribution in [1.82, 2.24) is 23.7 Å². The maximum atomic E-state index is 13.7. The van der Waals surface area contributed by atoms with Gasteiger partial charge in [-0.25, -0.2) is 14.3 Å². The number of hydrogen-bond donors (Lipinski definition) is 2. The fraction of sp³-hybridized carbons (Fsp3) is 0.320. The van der Waals surface area contributed by atoms with Gasteiger partial charge in [0.05, 0.1) is 6.54 Å². The quantitative estimate of drug-likeness (QED) is 0.412. The van der Waals surface area contributed by atoms with E-state index in [0.717, 1.165) is 29.5 Å². The van der Waals surface area contributed by atoms with E-state index in [-0.39, 0.29) is 17.2 Å². The van der Waals surface area contributed by atoms with E-state index < -0.39 is 23.7 Å². The van der Waals surface area contributed by atoms with E-state index in [0.29, 0.717) is 24.9 Å². The SMILES string of the molecule is Cn1c(=O)n(CC(=O)Nc2ccccn2)c(=O)c2c1nc(N1CCCC(N)C1)n2Cc1ccccc1. The third-order valence-electron chi connectivity index (χ3n) is 6.37. The first-order valence-corrected chi connectivity index (χ1v) is 11.9. The molecule has 3 N–H and O–H groups in total. The topological polar surface area (TPSA) is 133 Å². The summed E-state index contributed by atoms with van der Waals surface area (Å²) in [6.45, 7) is 1.29. The molecule has 4 heterocycles. The van der Waals surface area contributed by atoms with Gasteiger partial charge < -0.3 is 16.0 Å². The van der Waals surface area contributed by atoms with Crippen LogP contribution in [0.25, 0.3) is 11.2 Å². The van der Waals surface area contributed by atoms with Gasteiger partial charge in [-0.2, -0.15) is 4.98 Å². The summed E-state index contributed by atoms with van der Waals surface area (Å²) in [6, 6.07) is 14.8. The summed E-state index contributed by atoms with van der Waals surface area (Å²) in [4.78, 5) is 50.4. The molecule has 1 fully saturated rings. The van der Waals surface area contributed by atoms with Crippen LogP contribution in [0.15, 0.2) is 64.3 Å². The van der Waals surface area contributed by atoms with Crippen LogP contribution < -0.4 is 27.2 Å². The molecule has 1 aromatic carbocycles. The fourth-order valence-corrected chi connectivity index (χ4v) is 4.61. The van der Waals surface area contributed by atoms with Crippen molar-refractivity contribution in [2.45, 2.75) is 32.0 Å². The van der Waals surface area contributed by atoms with Crippen LogP contribution in [0.4, 0.5) is 11.8 Å². The molecule has 0 spiro atoms. The number of amides is 1. The molecule has 11 heteroatoms. The number of anilines is 2. The van der Waals surface area contributed by atoms with Crippen LogP contribution in [0, 0.1) is 0 Å². The molecular formula is C25H28N8O3. The molecular weight excluding hydrogens is 460 g/mol. The van der Waals surface area contributed by atoms with Crippen LogP contribution in [0.5, 0.6) is 0 Å². The van der Waals surface area contributed by atoms with E-state index in [4.69, 9.17) is 10.7 Å². The number of piperidine rings is 1. The number of benzene rings is 1. The Balaban J connectivity index is 1.62. The Morgan fingerprint density at radius 2 is 1.89 bits per heavy atom. The monoisotopic (exact) mass is 488 g/mol. The second-order valence-corrected chi connectivity index (χ2v) is 9.00. The molecule has 1 unspecified atom stereocenters. The molecule has 3 aromatic heterocycles. The molecule has 0 bridgehead atoms. The Morgan fingerprint density at radius 1 is 1.11 bits per heavy atom. The van der Waals surface area contributed by atoms with Crippen molar-refractivity contribution in [1.29, 1.82) is 0 Å².